The Morgan fingerprint density at radius 3 is 2.43 bits per heavy atom. The Morgan fingerprint density at radius 2 is 1.77 bits per heavy atom. The van der Waals surface area contributed by atoms with E-state index in [1.807, 2.05) is 83.1 Å². The zero-order chi connectivity index (χ0) is 33.5. The minimum Gasteiger partial charge on any atom is -0.493 e. The lowest BCUT2D eigenvalue weighted by molar-refractivity contribution is -0.153. The zero-order valence-corrected chi connectivity index (χ0v) is 27.7. The van der Waals surface area contributed by atoms with Gasteiger partial charge < -0.3 is 20.1 Å². The number of aryl methyl sites for hydroxylation is 2. The maximum Gasteiger partial charge on any atom is 0.310 e. The number of rotatable bonds is 10. The number of amides is 2. The van der Waals surface area contributed by atoms with E-state index in [1.165, 1.54) is 4.68 Å². The van der Waals surface area contributed by atoms with E-state index < -0.39 is 6.04 Å². The van der Waals surface area contributed by atoms with Crippen molar-refractivity contribution in [1.82, 2.24) is 24.9 Å². The number of aromatic nitrogens is 4. The fourth-order valence-electron chi connectivity index (χ4n) is 6.48. The predicted octanol–water partition coefficient (Wildman–Crippen LogP) is 5.39. The highest BCUT2D eigenvalue weighted by Gasteiger charge is 2.57. The molecule has 2 amide bonds. The average Bonchev–Trinajstić information content (AvgIpc) is 3.59. The number of ether oxygens (including phenoxy) is 2. The number of carbonyl (C=O) groups excluding carboxylic acids is 3. The third-order valence-electron chi connectivity index (χ3n) is 9.80. The first kappa shape index (κ1) is 32.0. The average molecular weight is 639 g/mol. The van der Waals surface area contributed by atoms with Crippen molar-refractivity contribution in [3.63, 3.8) is 0 Å². The second kappa shape index (κ2) is 12.7. The molecule has 1 aliphatic carbocycles. The summed E-state index contributed by atoms with van der Waals surface area (Å²) in [6, 6.07) is 16.1. The number of carbonyl (C=O) groups is 3. The maximum absolute atomic E-state index is 14.2. The van der Waals surface area contributed by atoms with Gasteiger partial charge in [-0.3, -0.25) is 19.1 Å². The van der Waals surface area contributed by atoms with Gasteiger partial charge in [0.05, 0.1) is 18.2 Å². The smallest absolute Gasteiger partial charge is 0.310 e. The van der Waals surface area contributed by atoms with Crippen LogP contribution in [0.25, 0.3) is 11.1 Å². The molecule has 1 unspecified atom stereocenters. The van der Waals surface area contributed by atoms with E-state index in [0.717, 1.165) is 46.7 Å². The van der Waals surface area contributed by atoms with Crippen LogP contribution < -0.4 is 15.4 Å². The molecular formula is C36H42N6O5. The number of nitrogens with zero attached hydrogens (tertiary/aromatic N) is 4. The number of esters is 1. The molecular weight excluding hydrogens is 596 g/mol. The van der Waals surface area contributed by atoms with Crippen LogP contribution in [0.1, 0.15) is 67.0 Å². The van der Waals surface area contributed by atoms with E-state index in [2.05, 4.69) is 20.8 Å². The van der Waals surface area contributed by atoms with Crippen LogP contribution in [-0.4, -0.2) is 50.0 Å². The molecule has 47 heavy (non-hydrogen) atoms. The van der Waals surface area contributed by atoms with Crippen molar-refractivity contribution in [1.29, 1.82) is 0 Å². The van der Waals surface area contributed by atoms with Gasteiger partial charge in [0.2, 0.25) is 5.91 Å². The molecule has 4 aromatic rings. The minimum absolute atomic E-state index is 0.0411. The summed E-state index contributed by atoms with van der Waals surface area (Å²) in [5, 5.41) is 14.9. The Hall–Kier alpha value is -4.93. The first-order chi connectivity index (χ1) is 22.5. The topological polar surface area (TPSA) is 129 Å². The van der Waals surface area contributed by atoms with Gasteiger partial charge in [0.15, 0.2) is 6.73 Å². The maximum atomic E-state index is 14.2. The summed E-state index contributed by atoms with van der Waals surface area (Å²) in [7, 11) is 1.70. The monoisotopic (exact) mass is 638 g/mol. The zero-order valence-electron chi connectivity index (χ0n) is 27.7. The van der Waals surface area contributed by atoms with Crippen LogP contribution in [0.15, 0.2) is 60.8 Å². The van der Waals surface area contributed by atoms with Gasteiger partial charge in [-0.1, -0.05) is 51.1 Å². The van der Waals surface area contributed by atoms with Crippen molar-refractivity contribution < 1.29 is 23.9 Å². The number of hydrogen-bond acceptors (Lipinski definition) is 7. The van der Waals surface area contributed by atoms with Crippen LogP contribution in [0.4, 0.5) is 5.69 Å². The van der Waals surface area contributed by atoms with Crippen molar-refractivity contribution in [3.05, 3.63) is 83.4 Å². The highest BCUT2D eigenvalue weighted by molar-refractivity contribution is 6.01. The minimum atomic E-state index is -0.853. The molecule has 1 spiro atoms. The van der Waals surface area contributed by atoms with Crippen LogP contribution in [0.2, 0.25) is 0 Å². The van der Waals surface area contributed by atoms with Crippen LogP contribution in [0.3, 0.4) is 0 Å². The number of fused-ring (bicyclic) bond motifs is 1. The van der Waals surface area contributed by atoms with Gasteiger partial charge in [-0.25, -0.2) is 4.68 Å². The van der Waals surface area contributed by atoms with E-state index in [1.54, 1.807) is 24.0 Å². The Labute approximate surface area is 274 Å². The summed E-state index contributed by atoms with van der Waals surface area (Å²) < 4.78 is 14.8. The first-order valence-electron chi connectivity index (χ1n) is 16.1. The summed E-state index contributed by atoms with van der Waals surface area (Å²) in [5.41, 5.74) is 5.19. The Balaban J connectivity index is 1.23. The van der Waals surface area contributed by atoms with Crippen molar-refractivity contribution in [2.45, 2.75) is 66.2 Å². The van der Waals surface area contributed by atoms with E-state index in [0.29, 0.717) is 18.0 Å². The highest BCUT2D eigenvalue weighted by atomic mass is 16.5. The number of anilines is 1. The van der Waals surface area contributed by atoms with E-state index in [9.17, 15) is 14.4 Å². The van der Waals surface area contributed by atoms with E-state index in [-0.39, 0.29) is 47.7 Å². The lowest BCUT2D eigenvalue weighted by Crippen LogP contribution is -2.52. The van der Waals surface area contributed by atoms with Gasteiger partial charge in [0, 0.05) is 47.1 Å². The molecule has 2 aliphatic rings. The molecule has 1 aliphatic heterocycles. The molecule has 3 atom stereocenters. The third-order valence-corrected chi connectivity index (χ3v) is 9.80. The predicted molar refractivity (Wildman–Crippen MR) is 177 cm³/mol. The Kier molecular flexibility index (Phi) is 8.65. The van der Waals surface area contributed by atoms with Crippen LogP contribution in [-0.2, 0) is 28.1 Å². The summed E-state index contributed by atoms with van der Waals surface area (Å²) >= 11 is 0. The molecule has 11 nitrogen and oxygen atoms in total. The molecule has 2 aromatic carbocycles. The fraction of sp³-hybridized carbons (Fsp3) is 0.417. The van der Waals surface area contributed by atoms with E-state index >= 15 is 0 Å². The Bertz CT molecular complexity index is 1800. The summed E-state index contributed by atoms with van der Waals surface area (Å²) in [6.45, 7) is 10.2. The number of nitrogens with one attached hydrogen (secondary N) is 2. The van der Waals surface area contributed by atoms with Crippen molar-refractivity contribution in [3.8, 4) is 16.9 Å². The second-order valence-electron chi connectivity index (χ2n) is 13.2. The molecule has 2 aromatic heterocycles. The van der Waals surface area contributed by atoms with E-state index in [4.69, 9.17) is 9.47 Å². The molecule has 0 radical (unpaired) electrons. The number of para-hydroxylation sites is 1. The highest BCUT2D eigenvalue weighted by Crippen LogP contribution is 2.61. The van der Waals surface area contributed by atoms with Gasteiger partial charge >= 0.3 is 5.97 Å². The fourth-order valence-corrected chi connectivity index (χ4v) is 6.48. The Morgan fingerprint density at radius 1 is 1.04 bits per heavy atom. The molecule has 1 fully saturated rings. The molecule has 246 valence electrons. The molecule has 0 saturated heterocycles. The molecule has 11 heteroatoms. The van der Waals surface area contributed by atoms with Gasteiger partial charge in [-0.2, -0.15) is 10.2 Å². The molecule has 0 bridgehead atoms. The molecule has 2 N–H and O–H groups in total. The molecule has 1 saturated carbocycles. The summed E-state index contributed by atoms with van der Waals surface area (Å²) in [5.74, 6) is -0.465. The number of hydrogen-bond donors (Lipinski definition) is 2. The summed E-state index contributed by atoms with van der Waals surface area (Å²) in [6.07, 6.45) is 3.38. The van der Waals surface area contributed by atoms with Gasteiger partial charge in [-0.05, 0) is 62.4 Å². The molecule has 3 heterocycles. The van der Waals surface area contributed by atoms with Crippen molar-refractivity contribution >= 4 is 23.5 Å². The van der Waals surface area contributed by atoms with Crippen molar-refractivity contribution in [2.75, 3.05) is 11.9 Å². The third kappa shape index (κ3) is 6.26. The van der Waals surface area contributed by atoms with Crippen LogP contribution in [0.5, 0.6) is 5.75 Å². The normalized spacial score (nSPS) is 17.4. The SMILES string of the molecule is Cc1nn(COC(=O)[C@@H](C)C(C)C)c(C)c1-c1ccc(NC(=O)[C@@H](NC(=O)c2ccnn2C)C2c3ccccc3OCC23CC3)cc1. The van der Waals surface area contributed by atoms with Crippen LogP contribution in [0, 0.1) is 31.1 Å². The van der Waals surface area contributed by atoms with Crippen LogP contribution >= 0.6 is 0 Å². The quantitative estimate of drug-likeness (QED) is 0.223. The lowest BCUT2D eigenvalue weighted by atomic mass is 9.76. The van der Waals surface area contributed by atoms with Gasteiger partial charge in [-0.15, -0.1) is 0 Å². The second-order valence-corrected chi connectivity index (χ2v) is 13.2. The summed E-state index contributed by atoms with van der Waals surface area (Å²) in [4.78, 5) is 40.0. The largest absolute Gasteiger partial charge is 0.493 e. The number of benzene rings is 2. The standard InChI is InChI=1S/C36H42N6O5/c1-21(2)22(3)35(45)47-20-42-24(5)30(23(4)40-42)25-11-13-26(14-12-25)38-34(44)32(39-33(43)28-15-18-37-41(28)6)31-27-9-7-8-10-29(27)46-19-36(31)16-17-36/h7-15,18,21-22,31-32H,16-17,19-20H2,1-6H3,(H,38,44)(H,39,43)/t22-,31?,32-/m0/s1. The molecule has 6 rings (SSSR count). The first-order valence-corrected chi connectivity index (χ1v) is 16.1. The lowest BCUT2D eigenvalue weighted by Gasteiger charge is -2.38. The van der Waals surface area contributed by atoms with Gasteiger partial charge in [0.1, 0.15) is 17.5 Å². The van der Waals surface area contributed by atoms with Gasteiger partial charge in [0.25, 0.3) is 5.91 Å². The van der Waals surface area contributed by atoms with Crippen molar-refractivity contribution in [2.24, 2.45) is 24.3 Å².